The molecular weight excluding hydrogens is 188 g/mol. The molecule has 0 radical (unpaired) electrons. The molecule has 1 aromatic rings. The molecule has 0 spiro atoms. The van der Waals surface area contributed by atoms with Crippen LogP contribution in [0.1, 0.15) is 25.7 Å². The Morgan fingerprint density at radius 3 is 2.87 bits per heavy atom. The highest BCUT2D eigenvalue weighted by Crippen LogP contribution is 2.22. The van der Waals surface area contributed by atoms with E-state index in [0.717, 1.165) is 19.1 Å². The second kappa shape index (κ2) is 4.66. The van der Waals surface area contributed by atoms with Crippen molar-refractivity contribution in [3.63, 3.8) is 0 Å². The average Bonchev–Trinajstić information content (AvgIpc) is 2.85. The lowest BCUT2D eigenvalue weighted by molar-refractivity contribution is 0.237. The van der Waals surface area contributed by atoms with Crippen molar-refractivity contribution in [2.24, 2.45) is 0 Å². The fourth-order valence-corrected chi connectivity index (χ4v) is 2.32. The summed E-state index contributed by atoms with van der Waals surface area (Å²) in [5.41, 5.74) is 5.71. The summed E-state index contributed by atoms with van der Waals surface area (Å²) in [5.74, 6) is 0.620. The Morgan fingerprint density at radius 1 is 1.53 bits per heavy atom. The maximum absolute atomic E-state index is 5.71. The molecule has 1 aliphatic carbocycles. The third-order valence-electron chi connectivity index (χ3n) is 3.39. The summed E-state index contributed by atoms with van der Waals surface area (Å²) in [5, 5.41) is 0. The fraction of sp³-hybridized carbons (Fsp3) is 0.727. The molecule has 1 fully saturated rings. The van der Waals surface area contributed by atoms with Gasteiger partial charge in [-0.1, -0.05) is 12.8 Å². The van der Waals surface area contributed by atoms with E-state index in [0.29, 0.717) is 5.95 Å². The lowest BCUT2D eigenvalue weighted by atomic mass is 10.2. The maximum Gasteiger partial charge on any atom is 0.200 e. The van der Waals surface area contributed by atoms with Crippen molar-refractivity contribution < 1.29 is 0 Å². The normalized spacial score (nSPS) is 17.7. The van der Waals surface area contributed by atoms with Crippen molar-refractivity contribution in [1.82, 2.24) is 14.5 Å². The van der Waals surface area contributed by atoms with Crippen LogP contribution < -0.4 is 5.73 Å². The summed E-state index contributed by atoms with van der Waals surface area (Å²) >= 11 is 0. The van der Waals surface area contributed by atoms with E-state index in [1.54, 1.807) is 6.20 Å². The molecule has 84 valence electrons. The van der Waals surface area contributed by atoms with Gasteiger partial charge in [0.2, 0.25) is 0 Å². The Labute approximate surface area is 91.1 Å². The number of aromatic nitrogens is 2. The SMILES string of the molecule is CN(CCn1ccnc1N)C1CCCC1. The number of anilines is 1. The third kappa shape index (κ3) is 2.50. The molecule has 0 unspecified atom stereocenters. The highest BCUT2D eigenvalue weighted by molar-refractivity contribution is 5.16. The topological polar surface area (TPSA) is 47.1 Å². The van der Waals surface area contributed by atoms with Crippen LogP contribution in [0.25, 0.3) is 0 Å². The van der Waals surface area contributed by atoms with E-state index >= 15 is 0 Å². The molecule has 0 aliphatic heterocycles. The monoisotopic (exact) mass is 208 g/mol. The smallest absolute Gasteiger partial charge is 0.200 e. The number of nitrogens with zero attached hydrogens (tertiary/aromatic N) is 3. The van der Waals surface area contributed by atoms with Gasteiger partial charge in [-0.3, -0.25) is 0 Å². The molecule has 1 aliphatic rings. The average molecular weight is 208 g/mol. The molecule has 0 aromatic carbocycles. The summed E-state index contributed by atoms with van der Waals surface area (Å²) < 4.78 is 2.01. The van der Waals surface area contributed by atoms with Gasteiger partial charge in [0, 0.05) is 31.5 Å². The number of rotatable bonds is 4. The Hall–Kier alpha value is -1.03. The minimum absolute atomic E-state index is 0.620. The Balaban J connectivity index is 1.80. The lowest BCUT2D eigenvalue weighted by Crippen LogP contribution is -2.32. The van der Waals surface area contributed by atoms with E-state index < -0.39 is 0 Å². The molecule has 4 nitrogen and oxygen atoms in total. The molecular formula is C11H20N4. The molecule has 2 rings (SSSR count). The zero-order chi connectivity index (χ0) is 10.7. The van der Waals surface area contributed by atoms with Crippen molar-refractivity contribution in [3.05, 3.63) is 12.4 Å². The Bertz CT molecular complexity index is 301. The summed E-state index contributed by atoms with van der Waals surface area (Å²) in [7, 11) is 2.21. The highest BCUT2D eigenvalue weighted by atomic mass is 15.2. The van der Waals surface area contributed by atoms with Crippen molar-refractivity contribution in [2.45, 2.75) is 38.3 Å². The number of imidazole rings is 1. The lowest BCUT2D eigenvalue weighted by Gasteiger charge is -2.24. The van der Waals surface area contributed by atoms with Gasteiger partial charge in [0.15, 0.2) is 5.95 Å². The molecule has 0 bridgehead atoms. The van der Waals surface area contributed by atoms with E-state index in [-0.39, 0.29) is 0 Å². The van der Waals surface area contributed by atoms with Crippen molar-refractivity contribution >= 4 is 5.95 Å². The molecule has 2 N–H and O–H groups in total. The maximum atomic E-state index is 5.71. The van der Waals surface area contributed by atoms with Gasteiger partial charge in [-0.25, -0.2) is 4.98 Å². The first-order chi connectivity index (χ1) is 7.27. The number of likely N-dealkylation sites (N-methyl/N-ethyl adjacent to an activating group) is 1. The van der Waals surface area contributed by atoms with Gasteiger partial charge >= 0.3 is 0 Å². The minimum Gasteiger partial charge on any atom is -0.369 e. The Morgan fingerprint density at radius 2 is 2.27 bits per heavy atom. The fourth-order valence-electron chi connectivity index (χ4n) is 2.32. The molecule has 1 saturated carbocycles. The van der Waals surface area contributed by atoms with Gasteiger partial charge < -0.3 is 15.2 Å². The number of nitrogen functional groups attached to an aromatic ring is 1. The first-order valence-electron chi connectivity index (χ1n) is 5.74. The van der Waals surface area contributed by atoms with Gasteiger partial charge in [-0.05, 0) is 19.9 Å². The summed E-state index contributed by atoms with van der Waals surface area (Å²) in [6, 6.07) is 0.787. The predicted molar refractivity (Wildman–Crippen MR) is 61.5 cm³/mol. The van der Waals surface area contributed by atoms with Crippen LogP contribution in [0.5, 0.6) is 0 Å². The molecule has 4 heteroatoms. The van der Waals surface area contributed by atoms with Gasteiger partial charge in [0.1, 0.15) is 0 Å². The standard InChI is InChI=1S/C11H20N4/c1-14(10-4-2-3-5-10)8-9-15-7-6-13-11(15)12/h6-7,10H,2-5,8-9H2,1H3,(H2,12,13). The largest absolute Gasteiger partial charge is 0.369 e. The summed E-state index contributed by atoms with van der Waals surface area (Å²) in [4.78, 5) is 6.47. The van der Waals surface area contributed by atoms with Crippen LogP contribution in [0.15, 0.2) is 12.4 Å². The molecule has 1 aromatic heterocycles. The van der Waals surface area contributed by atoms with Crippen molar-refractivity contribution in [2.75, 3.05) is 19.3 Å². The Kier molecular flexibility index (Phi) is 3.26. The van der Waals surface area contributed by atoms with E-state index in [1.807, 2.05) is 10.8 Å². The highest BCUT2D eigenvalue weighted by Gasteiger charge is 2.18. The van der Waals surface area contributed by atoms with Crippen LogP contribution in [0, 0.1) is 0 Å². The van der Waals surface area contributed by atoms with Gasteiger partial charge in [0.25, 0.3) is 0 Å². The molecule has 1 heterocycles. The summed E-state index contributed by atoms with van der Waals surface area (Å²) in [6.07, 6.45) is 9.19. The van der Waals surface area contributed by atoms with Crippen LogP contribution in [0.3, 0.4) is 0 Å². The number of hydrogen-bond donors (Lipinski definition) is 1. The van der Waals surface area contributed by atoms with Crippen LogP contribution in [-0.2, 0) is 6.54 Å². The molecule has 0 saturated heterocycles. The van der Waals surface area contributed by atoms with Crippen molar-refractivity contribution in [1.29, 1.82) is 0 Å². The quantitative estimate of drug-likeness (QED) is 0.812. The van der Waals surface area contributed by atoms with Gasteiger partial charge in [-0.15, -0.1) is 0 Å². The van der Waals surface area contributed by atoms with Crippen LogP contribution in [-0.4, -0.2) is 34.1 Å². The van der Waals surface area contributed by atoms with E-state index in [1.165, 1.54) is 25.7 Å². The number of hydrogen-bond acceptors (Lipinski definition) is 3. The van der Waals surface area contributed by atoms with Gasteiger partial charge in [-0.2, -0.15) is 0 Å². The summed E-state index contributed by atoms with van der Waals surface area (Å²) in [6.45, 7) is 2.00. The van der Waals surface area contributed by atoms with Crippen molar-refractivity contribution in [3.8, 4) is 0 Å². The second-order valence-corrected chi connectivity index (χ2v) is 4.40. The second-order valence-electron chi connectivity index (χ2n) is 4.40. The van der Waals surface area contributed by atoms with Crippen LogP contribution in [0.2, 0.25) is 0 Å². The minimum atomic E-state index is 0.620. The van der Waals surface area contributed by atoms with Crippen LogP contribution >= 0.6 is 0 Å². The van der Waals surface area contributed by atoms with Crippen LogP contribution in [0.4, 0.5) is 5.95 Å². The first-order valence-corrected chi connectivity index (χ1v) is 5.74. The third-order valence-corrected chi connectivity index (χ3v) is 3.39. The van der Waals surface area contributed by atoms with E-state index in [2.05, 4.69) is 16.9 Å². The zero-order valence-corrected chi connectivity index (χ0v) is 9.39. The van der Waals surface area contributed by atoms with Gasteiger partial charge in [0.05, 0.1) is 0 Å². The molecule has 15 heavy (non-hydrogen) atoms. The molecule has 0 atom stereocenters. The first kappa shape index (κ1) is 10.5. The number of nitrogens with two attached hydrogens (primary N) is 1. The predicted octanol–water partition coefficient (Wildman–Crippen LogP) is 1.34. The zero-order valence-electron chi connectivity index (χ0n) is 9.39. The van der Waals surface area contributed by atoms with E-state index in [4.69, 9.17) is 5.73 Å². The molecule has 0 amide bonds. The van der Waals surface area contributed by atoms with E-state index in [9.17, 15) is 0 Å².